The van der Waals surface area contributed by atoms with Gasteiger partial charge in [0.2, 0.25) is 0 Å². The largest absolute Gasteiger partial charge is 0.508 e. The number of nitrogens with zero attached hydrogens (tertiary/aromatic N) is 1. The summed E-state index contributed by atoms with van der Waals surface area (Å²) in [6.07, 6.45) is 18.6. The van der Waals surface area contributed by atoms with Crippen molar-refractivity contribution in [3.63, 3.8) is 0 Å². The predicted molar refractivity (Wildman–Crippen MR) is 283 cm³/mol. The Morgan fingerprint density at radius 2 is 1.63 bits per heavy atom. The Kier molecular flexibility index (Phi) is 14.1. The molecule has 6 aliphatic heterocycles. The Labute approximate surface area is 432 Å². The van der Waals surface area contributed by atoms with E-state index in [2.05, 4.69) is 56.5 Å². The lowest BCUT2D eigenvalue weighted by atomic mass is 9.58. The number of aliphatic hydroxyl groups is 3. The highest BCUT2D eigenvalue weighted by molar-refractivity contribution is 5.84. The van der Waals surface area contributed by atoms with Crippen LogP contribution < -0.4 is 25.3 Å². The van der Waals surface area contributed by atoms with Crippen molar-refractivity contribution >= 4 is 5.96 Å². The average molecular weight is 1000 g/mol. The molecule has 2 saturated carbocycles. The van der Waals surface area contributed by atoms with Crippen molar-refractivity contribution in [3.05, 3.63) is 88.5 Å². The number of phenols is 2. The first-order valence-corrected chi connectivity index (χ1v) is 28.0. The van der Waals surface area contributed by atoms with Gasteiger partial charge in [0.15, 0.2) is 17.5 Å². The zero-order valence-electron chi connectivity index (χ0n) is 43.6. The standard InChI is InChI=1S/C61H81N3O9/c1-5-35-22-38-10-9-37(35)23-44(66)30-61(16-6-15-60(61)17-19-71-20-18-60)33-64-59(62)63-31-40-11-7-36-8-12-41(32-65)54(40)58(36)73-52-27-39(13-14-48(52)67)57-50(69)28-47-51(72-57)29-53(70-4)56-46-25-43(21-34(2)3)49(68)26-42(46)24-45(38)55(47)56/h7,9-11,13-14,25-27,29,34-38,40-41,44-45,50,54,57-58,65-69H,5-6,8,12,15-24,28,30-33H2,1-4H3,(H3,62,63,64). The molecule has 73 heavy (non-hydrogen) atoms. The lowest BCUT2D eigenvalue weighted by Gasteiger charge is -2.49. The van der Waals surface area contributed by atoms with E-state index in [4.69, 9.17) is 29.7 Å². The van der Waals surface area contributed by atoms with E-state index in [-0.39, 0.29) is 70.7 Å². The third kappa shape index (κ3) is 9.22. The van der Waals surface area contributed by atoms with Crippen LogP contribution in [0.3, 0.4) is 0 Å². The molecule has 12 bridgehead atoms. The minimum atomic E-state index is -0.919. The number of fused-ring (bicyclic) bond motifs is 2. The summed E-state index contributed by atoms with van der Waals surface area (Å²) in [7, 11) is 1.71. The predicted octanol–water partition coefficient (Wildman–Crippen LogP) is 9.46. The molecule has 0 aromatic heterocycles. The van der Waals surface area contributed by atoms with E-state index in [1.807, 2.05) is 24.3 Å². The molecule has 13 unspecified atom stereocenters. The summed E-state index contributed by atoms with van der Waals surface area (Å²) in [5.41, 5.74) is 13.5. The van der Waals surface area contributed by atoms with Crippen LogP contribution in [0.1, 0.15) is 131 Å². The highest BCUT2D eigenvalue weighted by Gasteiger charge is 2.56. The van der Waals surface area contributed by atoms with Crippen LogP contribution in [0, 0.1) is 58.2 Å². The van der Waals surface area contributed by atoms with Gasteiger partial charge >= 0.3 is 0 Å². The second kappa shape index (κ2) is 20.4. The maximum absolute atomic E-state index is 12.5. The Bertz CT molecular complexity index is 2600. The number of aromatic hydroxyl groups is 2. The molecule has 3 fully saturated rings. The summed E-state index contributed by atoms with van der Waals surface area (Å²) in [6, 6.07) is 11.4. The van der Waals surface area contributed by atoms with Crippen LogP contribution in [0.15, 0.2) is 65.7 Å². The number of allylic oxidation sites excluding steroid dienone is 2. The topological polar surface area (TPSA) is 188 Å². The Morgan fingerprint density at radius 3 is 2.41 bits per heavy atom. The van der Waals surface area contributed by atoms with Crippen LogP contribution >= 0.6 is 0 Å². The molecule has 1 saturated heterocycles. The summed E-state index contributed by atoms with van der Waals surface area (Å²) in [6.45, 7) is 9.14. The van der Waals surface area contributed by atoms with Crippen LogP contribution in [0.4, 0.5) is 0 Å². The average Bonchev–Trinajstić information content (AvgIpc) is 3.70. The fraction of sp³-hybridized carbons (Fsp3) is 0.623. The van der Waals surface area contributed by atoms with Gasteiger partial charge in [-0.25, -0.2) is 0 Å². The van der Waals surface area contributed by atoms with Gasteiger partial charge in [0.05, 0.1) is 19.3 Å². The lowest BCUT2D eigenvalue weighted by Crippen LogP contribution is -2.51. The molecule has 394 valence electrons. The van der Waals surface area contributed by atoms with Gasteiger partial charge in [-0.2, -0.15) is 0 Å². The van der Waals surface area contributed by atoms with Crippen LogP contribution in [0.5, 0.6) is 28.7 Å². The number of nitrogens with one attached hydrogen (secondary N) is 1. The summed E-state index contributed by atoms with van der Waals surface area (Å²) in [5.74, 6) is 3.38. The van der Waals surface area contributed by atoms with Crippen LogP contribution in [-0.4, -0.2) is 89.8 Å². The molecule has 3 aromatic carbocycles. The number of aliphatic hydroxyl groups excluding tert-OH is 3. The molecule has 14 rings (SSSR count). The molecular formula is C61H81N3O9. The maximum Gasteiger partial charge on any atom is 0.188 e. The second-order valence-electron chi connectivity index (χ2n) is 24.1. The van der Waals surface area contributed by atoms with E-state index < -0.39 is 18.3 Å². The van der Waals surface area contributed by atoms with E-state index in [1.54, 1.807) is 13.2 Å². The fourth-order valence-corrected chi connectivity index (χ4v) is 16.0. The van der Waals surface area contributed by atoms with Crippen molar-refractivity contribution in [3.8, 4) is 39.9 Å². The Hall–Kier alpha value is -4.75. The van der Waals surface area contributed by atoms with E-state index in [0.29, 0.717) is 85.1 Å². The third-order valence-corrected chi connectivity index (χ3v) is 19.7. The van der Waals surface area contributed by atoms with Crippen LogP contribution in [0.2, 0.25) is 0 Å². The van der Waals surface area contributed by atoms with Crippen molar-refractivity contribution in [1.82, 2.24) is 5.32 Å². The van der Waals surface area contributed by atoms with Crippen molar-refractivity contribution in [2.75, 3.05) is 40.0 Å². The number of hydrogen-bond donors (Lipinski definition) is 7. The monoisotopic (exact) mass is 1000 g/mol. The van der Waals surface area contributed by atoms with E-state index in [1.165, 1.54) is 0 Å². The van der Waals surface area contributed by atoms with E-state index >= 15 is 0 Å². The van der Waals surface area contributed by atoms with Gasteiger partial charge < -0.3 is 55.5 Å². The fourth-order valence-electron chi connectivity index (χ4n) is 16.0. The number of methoxy groups -OCH3 is 1. The molecule has 6 heterocycles. The van der Waals surface area contributed by atoms with Crippen molar-refractivity contribution in [2.24, 2.45) is 68.9 Å². The molecule has 2 spiro atoms. The Balaban J connectivity index is 1.03. The van der Waals surface area contributed by atoms with Gasteiger partial charge in [-0.15, -0.1) is 0 Å². The molecule has 0 amide bonds. The highest BCUT2D eigenvalue weighted by atomic mass is 16.5. The maximum atomic E-state index is 12.5. The summed E-state index contributed by atoms with van der Waals surface area (Å²) < 4.78 is 26.3. The zero-order valence-corrected chi connectivity index (χ0v) is 43.6. The first-order valence-electron chi connectivity index (χ1n) is 28.0. The normalized spacial score (nSPS) is 34.5. The Morgan fingerprint density at radius 1 is 0.849 bits per heavy atom. The number of benzene rings is 3. The third-order valence-electron chi connectivity index (χ3n) is 19.7. The summed E-state index contributed by atoms with van der Waals surface area (Å²) in [5, 5.41) is 62.2. The summed E-state index contributed by atoms with van der Waals surface area (Å²) in [4.78, 5) is 5.16. The number of guanidine groups is 1. The molecule has 0 radical (unpaired) electrons. The molecule has 3 aromatic rings. The van der Waals surface area contributed by atoms with E-state index in [0.717, 1.165) is 111 Å². The van der Waals surface area contributed by atoms with Gasteiger partial charge in [0.1, 0.15) is 29.5 Å². The minimum Gasteiger partial charge on any atom is -0.508 e. The van der Waals surface area contributed by atoms with Gasteiger partial charge in [-0.1, -0.05) is 64.0 Å². The highest BCUT2D eigenvalue weighted by Crippen LogP contribution is 2.62. The quantitative estimate of drug-likeness (QED) is 0.121. The van der Waals surface area contributed by atoms with Crippen LogP contribution in [0.25, 0.3) is 11.1 Å². The van der Waals surface area contributed by atoms with Gasteiger partial charge in [0, 0.05) is 74.3 Å². The minimum absolute atomic E-state index is 0.0000838. The molecule has 8 N–H and O–H groups in total. The number of hydrogen-bond acceptors (Lipinski definition) is 12. The number of rotatable bonds is 5. The molecule has 12 heteroatoms. The van der Waals surface area contributed by atoms with Crippen LogP contribution in [-0.2, 0) is 24.0 Å². The number of nitrogens with two attached hydrogens (primary N) is 1. The number of ether oxygens (including phenoxy) is 4. The van der Waals surface area contributed by atoms with Gasteiger partial charge in [-0.05, 0) is 169 Å². The smallest absolute Gasteiger partial charge is 0.188 e. The molecule has 5 aliphatic carbocycles. The van der Waals surface area contributed by atoms with Gasteiger partial charge in [-0.3, -0.25) is 4.99 Å². The zero-order chi connectivity index (χ0) is 50.8. The lowest BCUT2D eigenvalue weighted by molar-refractivity contribution is -0.0671. The van der Waals surface area contributed by atoms with Gasteiger partial charge in [0.25, 0.3) is 0 Å². The number of phenolic OH excluding ortho intramolecular Hbond substituents is 2. The first-order chi connectivity index (χ1) is 35.3. The van der Waals surface area contributed by atoms with E-state index in [9.17, 15) is 25.5 Å². The second-order valence-corrected chi connectivity index (χ2v) is 24.1. The van der Waals surface area contributed by atoms with Crippen molar-refractivity contribution < 1.29 is 44.5 Å². The SMILES string of the molecule is CCC1CC2C=CC1CC(O)CC1(CCCC13CCOCC3)CN=C(N)NCC1C=CC3CCC(CO)C1C3Oc1cc(ccc1O)C1Oc3cc(OC)c4c(c3CC1O)C2Cc1cc(O)c(CC(C)C)cc1-4. The first kappa shape index (κ1) is 50.4. The molecule has 12 nitrogen and oxygen atoms in total. The molecule has 11 aliphatic rings. The summed E-state index contributed by atoms with van der Waals surface area (Å²) >= 11 is 0. The van der Waals surface area contributed by atoms with Crippen molar-refractivity contribution in [2.45, 2.75) is 141 Å². The number of aliphatic imine (C=N–C) groups is 1. The molecular weight excluding hydrogens is 919 g/mol. The molecule has 13 atom stereocenters. The van der Waals surface area contributed by atoms with Crippen molar-refractivity contribution in [1.29, 1.82) is 0 Å².